The van der Waals surface area contributed by atoms with Crippen LogP contribution in [-0.2, 0) is 6.67 Å². The number of benzene rings is 1. The number of aromatic amines is 1. The number of nitrogens with zero attached hydrogens (tertiary/aromatic N) is 2. The van der Waals surface area contributed by atoms with E-state index >= 15 is 0 Å². The Morgan fingerprint density at radius 2 is 2.39 bits per heavy atom. The Balaban J connectivity index is 1.86. The molecule has 2 atom stereocenters. The Hall–Kier alpha value is -1.41. The van der Waals surface area contributed by atoms with Crippen LogP contribution < -0.4 is 9.64 Å². The van der Waals surface area contributed by atoms with Gasteiger partial charge in [0.15, 0.2) is 12.5 Å². The van der Waals surface area contributed by atoms with Crippen molar-refractivity contribution in [3.05, 3.63) is 28.0 Å². The summed E-state index contributed by atoms with van der Waals surface area (Å²) in [6, 6.07) is 5.38. The number of ether oxygens (including phenoxy) is 1. The molecule has 3 rings (SSSR count). The Bertz CT molecular complexity index is 745. The largest absolute Gasteiger partial charge is 0.496 e. The molecule has 1 unspecified atom stereocenters. The van der Waals surface area contributed by atoms with Crippen molar-refractivity contribution in [3.8, 4) is 17.1 Å². The van der Waals surface area contributed by atoms with Gasteiger partial charge in [-0.3, -0.25) is 5.10 Å². The molecule has 1 aliphatic rings. The fraction of sp³-hybridized carbons (Fsp3) is 0.467. The number of piperidine rings is 1. The lowest BCUT2D eigenvalue weighted by Gasteiger charge is -2.26. The number of likely N-dealkylation sites (tertiary alicyclic amines) is 1. The van der Waals surface area contributed by atoms with Gasteiger partial charge in [0.2, 0.25) is 4.77 Å². The molecular formula is C15H20ClN4O2S+. The topological polar surface area (TPSA) is 67.5 Å². The maximum absolute atomic E-state index is 9.80. The summed E-state index contributed by atoms with van der Waals surface area (Å²) in [6.45, 7) is 2.41. The summed E-state index contributed by atoms with van der Waals surface area (Å²) in [7, 11) is 1.61. The molecule has 0 aliphatic carbocycles. The van der Waals surface area contributed by atoms with Gasteiger partial charge in [-0.2, -0.15) is 4.98 Å². The van der Waals surface area contributed by atoms with Gasteiger partial charge in [0.05, 0.1) is 19.2 Å². The summed E-state index contributed by atoms with van der Waals surface area (Å²) in [4.78, 5) is 5.71. The molecule has 124 valence electrons. The summed E-state index contributed by atoms with van der Waals surface area (Å²) in [5, 5.41) is 13.6. The number of rotatable bonds is 4. The van der Waals surface area contributed by atoms with Crippen molar-refractivity contribution in [2.24, 2.45) is 0 Å². The van der Waals surface area contributed by atoms with Crippen molar-refractivity contribution in [2.45, 2.75) is 25.6 Å². The molecule has 1 aromatic heterocycles. The van der Waals surface area contributed by atoms with Crippen LogP contribution in [0, 0.1) is 4.77 Å². The van der Waals surface area contributed by atoms with Crippen LogP contribution in [0.5, 0.6) is 5.75 Å². The highest BCUT2D eigenvalue weighted by Crippen LogP contribution is 2.30. The van der Waals surface area contributed by atoms with Gasteiger partial charge in [0, 0.05) is 5.02 Å². The van der Waals surface area contributed by atoms with Gasteiger partial charge >= 0.3 is 0 Å². The Labute approximate surface area is 144 Å². The van der Waals surface area contributed by atoms with Gasteiger partial charge in [-0.15, -0.1) is 0 Å². The Morgan fingerprint density at radius 1 is 1.57 bits per heavy atom. The van der Waals surface area contributed by atoms with Crippen LogP contribution in [0.4, 0.5) is 0 Å². The zero-order valence-electron chi connectivity index (χ0n) is 12.9. The first-order valence-electron chi connectivity index (χ1n) is 7.59. The third-order valence-corrected chi connectivity index (χ3v) is 4.62. The molecule has 1 aliphatic heterocycles. The van der Waals surface area contributed by atoms with Crippen molar-refractivity contribution < 1.29 is 14.7 Å². The standard InChI is InChI=1S/C15H19ClN4O2S/c1-22-13-5-4-10(16)7-12(13)14-17-15(23)20(18-14)9-19-6-2-3-11(21)8-19/h4-5,7,11,21H,2-3,6,8-9H2,1H3,(H,17,18,23)/p+1/t11-/m0/s1. The maximum Gasteiger partial charge on any atom is 0.221 e. The van der Waals surface area contributed by atoms with E-state index in [4.69, 9.17) is 28.6 Å². The van der Waals surface area contributed by atoms with E-state index in [1.807, 2.05) is 4.68 Å². The lowest BCUT2D eigenvalue weighted by Crippen LogP contribution is -3.13. The van der Waals surface area contributed by atoms with Crippen LogP contribution in [-0.4, -0.2) is 46.2 Å². The Morgan fingerprint density at radius 3 is 3.13 bits per heavy atom. The molecule has 2 heterocycles. The molecule has 23 heavy (non-hydrogen) atoms. The van der Waals surface area contributed by atoms with Crippen LogP contribution in [0.15, 0.2) is 18.2 Å². The summed E-state index contributed by atoms with van der Waals surface area (Å²) in [6.07, 6.45) is 1.67. The molecule has 1 fully saturated rings. The third-order valence-electron chi connectivity index (χ3n) is 4.07. The van der Waals surface area contributed by atoms with Gasteiger partial charge < -0.3 is 14.7 Å². The lowest BCUT2D eigenvalue weighted by molar-refractivity contribution is -0.931. The fourth-order valence-corrected chi connectivity index (χ4v) is 3.32. The molecule has 0 saturated carbocycles. The summed E-state index contributed by atoms with van der Waals surface area (Å²) < 4.78 is 7.68. The van der Waals surface area contributed by atoms with Gasteiger partial charge in [-0.25, -0.2) is 4.68 Å². The fourth-order valence-electron chi connectivity index (χ4n) is 2.94. The summed E-state index contributed by atoms with van der Waals surface area (Å²) >= 11 is 11.4. The molecule has 6 nitrogen and oxygen atoms in total. The second-order valence-corrected chi connectivity index (χ2v) is 6.59. The molecule has 8 heteroatoms. The van der Waals surface area contributed by atoms with Gasteiger partial charge in [0.25, 0.3) is 0 Å². The minimum Gasteiger partial charge on any atom is -0.496 e. The number of nitrogens with one attached hydrogen (secondary N) is 2. The number of hydrogen-bond acceptors (Lipinski definition) is 4. The molecule has 0 bridgehead atoms. The van der Waals surface area contributed by atoms with E-state index in [0.717, 1.165) is 31.5 Å². The van der Waals surface area contributed by atoms with E-state index in [1.165, 1.54) is 4.90 Å². The van der Waals surface area contributed by atoms with Crippen LogP contribution in [0.1, 0.15) is 12.8 Å². The minimum absolute atomic E-state index is 0.233. The first-order chi connectivity index (χ1) is 11.1. The highest BCUT2D eigenvalue weighted by atomic mass is 35.5. The number of hydrogen-bond donors (Lipinski definition) is 3. The first-order valence-corrected chi connectivity index (χ1v) is 8.38. The molecule has 0 spiro atoms. The lowest BCUT2D eigenvalue weighted by atomic mass is 10.1. The van der Waals surface area contributed by atoms with Crippen LogP contribution in [0.25, 0.3) is 11.4 Å². The van der Waals surface area contributed by atoms with Crippen LogP contribution >= 0.6 is 23.8 Å². The molecule has 2 aromatic rings. The molecule has 1 aromatic carbocycles. The van der Waals surface area contributed by atoms with Crippen LogP contribution in [0.3, 0.4) is 0 Å². The van der Waals surface area contributed by atoms with Crippen molar-refractivity contribution in [1.82, 2.24) is 14.8 Å². The monoisotopic (exact) mass is 355 g/mol. The number of aromatic nitrogens is 3. The van der Waals surface area contributed by atoms with Crippen molar-refractivity contribution in [3.63, 3.8) is 0 Å². The van der Waals surface area contributed by atoms with Gasteiger partial charge in [-0.05, 0) is 43.3 Å². The summed E-state index contributed by atoms with van der Waals surface area (Å²) in [5.74, 6) is 1.32. The van der Waals surface area contributed by atoms with E-state index < -0.39 is 0 Å². The average Bonchev–Trinajstić information content (AvgIpc) is 2.88. The van der Waals surface area contributed by atoms with E-state index in [1.54, 1.807) is 25.3 Å². The normalized spacial score (nSPS) is 21.3. The third kappa shape index (κ3) is 3.74. The van der Waals surface area contributed by atoms with E-state index in [-0.39, 0.29) is 6.10 Å². The quantitative estimate of drug-likeness (QED) is 0.722. The zero-order chi connectivity index (χ0) is 16.4. The minimum atomic E-state index is -0.233. The summed E-state index contributed by atoms with van der Waals surface area (Å²) in [5.41, 5.74) is 0.776. The molecule has 1 saturated heterocycles. The second-order valence-electron chi connectivity index (χ2n) is 5.79. The molecular weight excluding hydrogens is 336 g/mol. The molecule has 3 N–H and O–H groups in total. The number of quaternary nitrogens is 1. The predicted molar refractivity (Wildman–Crippen MR) is 90.3 cm³/mol. The van der Waals surface area contributed by atoms with Crippen molar-refractivity contribution in [2.75, 3.05) is 20.2 Å². The van der Waals surface area contributed by atoms with Crippen molar-refractivity contribution in [1.29, 1.82) is 0 Å². The number of H-pyrrole nitrogens is 1. The molecule has 0 amide bonds. The molecule has 0 radical (unpaired) electrons. The van der Waals surface area contributed by atoms with Crippen LogP contribution in [0.2, 0.25) is 5.02 Å². The van der Waals surface area contributed by atoms with Gasteiger partial charge in [0.1, 0.15) is 18.4 Å². The number of methoxy groups -OCH3 is 1. The highest BCUT2D eigenvalue weighted by Gasteiger charge is 2.22. The second kappa shape index (κ2) is 7.00. The zero-order valence-corrected chi connectivity index (χ0v) is 14.5. The predicted octanol–water partition coefficient (Wildman–Crippen LogP) is 1.27. The van der Waals surface area contributed by atoms with Crippen molar-refractivity contribution >= 4 is 23.8 Å². The first kappa shape index (κ1) is 16.4. The Kier molecular flexibility index (Phi) is 5.01. The van der Waals surface area contributed by atoms with E-state index in [2.05, 4.69) is 10.1 Å². The SMILES string of the molecule is COc1ccc(Cl)cc1-c1nc(=S)n(C[NH+]2CCC[C@H](O)C2)[nH]1. The number of halogens is 1. The highest BCUT2D eigenvalue weighted by molar-refractivity contribution is 7.71. The number of aliphatic hydroxyl groups excluding tert-OH is 1. The van der Waals surface area contributed by atoms with E-state index in [0.29, 0.717) is 28.0 Å². The van der Waals surface area contributed by atoms with E-state index in [9.17, 15) is 5.11 Å². The van der Waals surface area contributed by atoms with Gasteiger partial charge in [-0.1, -0.05) is 11.6 Å². The number of aliphatic hydroxyl groups is 1. The smallest absolute Gasteiger partial charge is 0.221 e. The maximum atomic E-state index is 9.80. The average molecular weight is 356 g/mol.